The van der Waals surface area contributed by atoms with Gasteiger partial charge in [0.15, 0.2) is 11.4 Å². The summed E-state index contributed by atoms with van der Waals surface area (Å²) in [5.41, 5.74) is 2.48. The van der Waals surface area contributed by atoms with Crippen molar-refractivity contribution in [2.45, 2.75) is 30.4 Å². The zero-order chi connectivity index (χ0) is 30.0. The van der Waals surface area contributed by atoms with E-state index in [1.54, 1.807) is 30.3 Å². The predicted octanol–water partition coefficient (Wildman–Crippen LogP) is -0.960. The zero-order valence-corrected chi connectivity index (χ0v) is 22.2. The fourth-order valence-electron chi connectivity index (χ4n) is 6.42. The van der Waals surface area contributed by atoms with E-state index in [-0.39, 0.29) is 23.2 Å². The maximum Gasteiger partial charge on any atom is 0.251 e. The van der Waals surface area contributed by atoms with E-state index in [1.807, 2.05) is 0 Å². The van der Waals surface area contributed by atoms with Gasteiger partial charge >= 0.3 is 0 Å². The number of aliphatic hydroxyl groups is 4. The van der Waals surface area contributed by atoms with E-state index >= 15 is 0 Å². The number of rotatable bonds is 5. The Balaban J connectivity index is 1.56. The molecule has 3 aliphatic carbocycles. The summed E-state index contributed by atoms with van der Waals surface area (Å²) in [7, 11) is 2.97. The normalized spacial score (nSPS) is 30.9. The number of Topliss-reactive ketones (excluding diaryl/α,β-unsaturated/α-hetero) is 2. The number of carbonyl (C=O) groups is 4. The molecule has 2 aromatic rings. The van der Waals surface area contributed by atoms with Crippen molar-refractivity contribution in [3.8, 4) is 5.75 Å². The van der Waals surface area contributed by atoms with E-state index < -0.39 is 82.1 Å². The van der Waals surface area contributed by atoms with E-state index in [1.165, 1.54) is 37.5 Å². The summed E-state index contributed by atoms with van der Waals surface area (Å²) in [6.45, 7) is -0.136. The van der Waals surface area contributed by atoms with Gasteiger partial charge in [0.1, 0.15) is 17.4 Å². The van der Waals surface area contributed by atoms with E-state index in [0.29, 0.717) is 5.56 Å². The number of nitrogens with two attached hydrogens (primary N) is 1. The molecule has 0 aromatic heterocycles. The molecule has 0 saturated heterocycles. The summed E-state index contributed by atoms with van der Waals surface area (Å²) in [5, 5.41) is 59.1. The molecule has 7 atom stereocenters. The average molecular weight is 565 g/mol. The van der Waals surface area contributed by atoms with Crippen molar-refractivity contribution in [1.29, 1.82) is 0 Å². The maximum atomic E-state index is 13.9. The third-order valence-corrected chi connectivity index (χ3v) is 8.38. The van der Waals surface area contributed by atoms with Gasteiger partial charge in [-0.3, -0.25) is 19.2 Å². The number of carbonyl (C=O) groups excluding carboxylic acids is 4. The van der Waals surface area contributed by atoms with Gasteiger partial charge in [-0.2, -0.15) is 0 Å². The number of nitrogens with one attached hydrogen (secondary N) is 1. The first-order chi connectivity index (χ1) is 19.3. The monoisotopic (exact) mass is 564 g/mol. The van der Waals surface area contributed by atoms with Crippen molar-refractivity contribution in [3.05, 3.63) is 76.7 Å². The van der Waals surface area contributed by atoms with Crippen molar-refractivity contribution in [1.82, 2.24) is 10.2 Å². The van der Waals surface area contributed by atoms with Crippen molar-refractivity contribution in [3.63, 3.8) is 0 Å². The number of aliphatic hydroxyl groups excluding tert-OH is 3. The third kappa shape index (κ3) is 4.13. The van der Waals surface area contributed by atoms with Gasteiger partial charge in [0.2, 0.25) is 11.7 Å². The Morgan fingerprint density at radius 1 is 1.02 bits per heavy atom. The second-order valence-corrected chi connectivity index (χ2v) is 10.8. The Kier molecular flexibility index (Phi) is 6.98. The SMILES string of the molecule is CN(C)[C@H]1C(O)C(C(N)=O)C(=O)[C@]2(O)C(=O)C3=C(O)c4c(ccc(CNC(=O)c5ccccc5)c4O)[CH][C@@H]3[C@@H](O)[C@H]12. The number of ketones is 2. The number of phenols is 1. The van der Waals surface area contributed by atoms with Crippen LogP contribution in [0.1, 0.15) is 27.0 Å². The fourth-order valence-corrected chi connectivity index (χ4v) is 6.42. The van der Waals surface area contributed by atoms with Gasteiger partial charge in [-0.15, -0.1) is 0 Å². The minimum absolute atomic E-state index is 0.136. The van der Waals surface area contributed by atoms with Crippen LogP contribution < -0.4 is 11.1 Å². The molecule has 5 rings (SSSR count). The van der Waals surface area contributed by atoms with Crippen LogP contribution in [0, 0.1) is 24.2 Å². The van der Waals surface area contributed by atoms with E-state index in [9.17, 15) is 44.7 Å². The van der Waals surface area contributed by atoms with Crippen LogP contribution in [-0.2, 0) is 20.9 Å². The van der Waals surface area contributed by atoms with Crippen LogP contribution in [-0.4, -0.2) is 91.8 Å². The Hall–Kier alpha value is -4.10. The Morgan fingerprint density at radius 3 is 2.29 bits per heavy atom. The smallest absolute Gasteiger partial charge is 0.251 e. The summed E-state index contributed by atoms with van der Waals surface area (Å²) >= 11 is 0. The van der Waals surface area contributed by atoms with Crippen LogP contribution in [0.5, 0.6) is 5.75 Å². The number of primary amides is 1. The van der Waals surface area contributed by atoms with Crippen LogP contribution in [0.25, 0.3) is 5.76 Å². The van der Waals surface area contributed by atoms with Crippen molar-refractivity contribution < 1.29 is 44.7 Å². The van der Waals surface area contributed by atoms with Gasteiger partial charge in [-0.25, -0.2) is 0 Å². The molecule has 1 radical (unpaired) electrons. The number of phenolic OH excluding ortho intramolecular Hbond substituents is 1. The molecule has 41 heavy (non-hydrogen) atoms. The molecule has 2 fully saturated rings. The highest BCUT2D eigenvalue weighted by molar-refractivity contribution is 6.25. The molecule has 2 aromatic carbocycles. The Bertz CT molecular complexity index is 1490. The third-order valence-electron chi connectivity index (χ3n) is 8.38. The molecule has 0 bridgehead atoms. The summed E-state index contributed by atoms with van der Waals surface area (Å²) in [6, 6.07) is 10.2. The number of benzene rings is 2. The number of fused-ring (bicyclic) bond motifs is 3. The van der Waals surface area contributed by atoms with E-state index in [2.05, 4.69) is 5.32 Å². The molecule has 215 valence electrons. The molecular weight excluding hydrogens is 534 g/mol. The molecule has 2 saturated carbocycles. The highest BCUT2D eigenvalue weighted by atomic mass is 16.3. The lowest BCUT2D eigenvalue weighted by Crippen LogP contribution is -2.76. The molecule has 0 aliphatic heterocycles. The number of hydrogen-bond donors (Lipinski definition) is 7. The van der Waals surface area contributed by atoms with Gasteiger partial charge in [0.25, 0.3) is 5.91 Å². The van der Waals surface area contributed by atoms with Crippen molar-refractivity contribution in [2.24, 2.45) is 23.5 Å². The fraction of sp³-hybridized carbons (Fsp3) is 0.345. The van der Waals surface area contributed by atoms with Crippen LogP contribution in [0.15, 0.2) is 48.0 Å². The second-order valence-electron chi connectivity index (χ2n) is 10.8. The highest BCUT2D eigenvalue weighted by Gasteiger charge is 2.70. The summed E-state index contributed by atoms with van der Waals surface area (Å²) in [6.07, 6.45) is -1.98. The number of nitrogens with zero attached hydrogens (tertiary/aromatic N) is 1. The van der Waals surface area contributed by atoms with Gasteiger partial charge in [-0.1, -0.05) is 30.3 Å². The molecular formula is C29H30N3O9. The van der Waals surface area contributed by atoms with Crippen LogP contribution in [0.4, 0.5) is 0 Å². The molecule has 2 amide bonds. The lowest BCUT2D eigenvalue weighted by atomic mass is 9.53. The van der Waals surface area contributed by atoms with E-state index in [0.717, 1.165) is 0 Å². The quantitative estimate of drug-likeness (QED) is 0.221. The van der Waals surface area contributed by atoms with Crippen molar-refractivity contribution in [2.75, 3.05) is 14.1 Å². The van der Waals surface area contributed by atoms with Crippen LogP contribution in [0.3, 0.4) is 0 Å². The van der Waals surface area contributed by atoms with Gasteiger partial charge in [0, 0.05) is 47.5 Å². The molecule has 0 heterocycles. The molecule has 0 spiro atoms. The van der Waals surface area contributed by atoms with Crippen LogP contribution >= 0.6 is 0 Å². The van der Waals surface area contributed by atoms with Crippen LogP contribution in [0.2, 0.25) is 0 Å². The first kappa shape index (κ1) is 28.4. The van der Waals surface area contributed by atoms with Crippen molar-refractivity contribution >= 4 is 29.1 Å². The maximum absolute atomic E-state index is 13.9. The molecule has 12 heteroatoms. The second kappa shape index (κ2) is 10.1. The number of aromatic hydroxyl groups is 1. The summed E-state index contributed by atoms with van der Waals surface area (Å²) in [4.78, 5) is 53.3. The van der Waals surface area contributed by atoms with E-state index in [4.69, 9.17) is 5.73 Å². The largest absolute Gasteiger partial charge is 0.507 e. The average Bonchev–Trinajstić information content (AvgIpc) is 2.92. The Labute approximate surface area is 234 Å². The predicted molar refractivity (Wildman–Crippen MR) is 143 cm³/mol. The lowest BCUT2D eigenvalue weighted by Gasteiger charge is -2.55. The Morgan fingerprint density at radius 2 is 1.68 bits per heavy atom. The summed E-state index contributed by atoms with van der Waals surface area (Å²) in [5.74, 6) is -10.3. The molecule has 2 unspecified atom stereocenters. The topological polar surface area (TPSA) is 211 Å². The number of hydrogen-bond acceptors (Lipinski definition) is 10. The highest BCUT2D eigenvalue weighted by Crippen LogP contribution is 2.53. The first-order valence-electron chi connectivity index (χ1n) is 12.9. The van der Waals surface area contributed by atoms with Gasteiger partial charge in [-0.05, 0) is 31.8 Å². The van der Waals surface area contributed by atoms with Gasteiger partial charge < -0.3 is 41.5 Å². The minimum atomic E-state index is -3.00. The number of likely N-dealkylation sites (N-methyl/N-ethyl adjacent to an activating group) is 1. The molecule has 12 nitrogen and oxygen atoms in total. The molecule has 8 N–H and O–H groups in total. The lowest BCUT2D eigenvalue weighted by molar-refractivity contribution is -0.197. The standard InChI is InChI=1S/C29H30N3O9/c1-32(2)20-19-22(34)15-10-13-8-9-14(11-31-28(40)12-6-4-3-5-7-12)21(33)16(13)23(35)17(15)25(37)29(19,41)26(38)18(24(20)36)27(30)39/h3-10,15,18-20,22,24,33-36,41H,11H2,1-2H3,(H2,30,39)(H,31,40)/t15-,18?,19-,20+,22+,24?,29+/m0/s1. The first-order valence-corrected chi connectivity index (χ1v) is 12.9. The summed E-state index contributed by atoms with van der Waals surface area (Å²) < 4.78 is 0. The van der Waals surface area contributed by atoms with Gasteiger partial charge in [0.05, 0.1) is 17.8 Å². The number of amides is 2. The molecule has 3 aliphatic rings. The minimum Gasteiger partial charge on any atom is -0.507 e. The zero-order valence-electron chi connectivity index (χ0n) is 22.2.